The molecule has 3 heterocycles. The summed E-state index contributed by atoms with van der Waals surface area (Å²) in [7, 11) is 0. The van der Waals surface area contributed by atoms with Crippen LogP contribution in [0, 0.1) is 6.92 Å². The number of ether oxygens (including phenoxy) is 1. The van der Waals surface area contributed by atoms with Crippen molar-refractivity contribution in [1.29, 1.82) is 0 Å². The van der Waals surface area contributed by atoms with Gasteiger partial charge in [0, 0.05) is 24.6 Å². The number of aromatic nitrogens is 3. The van der Waals surface area contributed by atoms with Gasteiger partial charge in [0.2, 0.25) is 5.91 Å². The molecule has 0 radical (unpaired) electrons. The van der Waals surface area contributed by atoms with Crippen molar-refractivity contribution >= 4 is 5.91 Å². The Labute approximate surface area is 201 Å². The minimum atomic E-state index is -0.913. The van der Waals surface area contributed by atoms with Crippen molar-refractivity contribution in [2.24, 2.45) is 0 Å². The number of hydrogen-bond acceptors (Lipinski definition) is 5. The van der Waals surface area contributed by atoms with E-state index in [4.69, 9.17) is 4.74 Å². The number of nitrogens with zero attached hydrogens (tertiary/aromatic N) is 3. The van der Waals surface area contributed by atoms with Crippen LogP contribution in [0.2, 0.25) is 0 Å². The first kappa shape index (κ1) is 22.8. The van der Waals surface area contributed by atoms with Gasteiger partial charge in [-0.3, -0.25) is 4.79 Å². The fourth-order valence-corrected chi connectivity index (χ4v) is 5.03. The van der Waals surface area contributed by atoms with Crippen molar-refractivity contribution in [1.82, 2.24) is 19.2 Å². The van der Waals surface area contributed by atoms with Gasteiger partial charge in [-0.05, 0) is 57.0 Å². The Bertz CT molecular complexity index is 1460. The average Bonchev–Trinajstić information content (AvgIpc) is 3.08. The van der Waals surface area contributed by atoms with E-state index >= 15 is 0 Å². The van der Waals surface area contributed by atoms with Crippen LogP contribution in [-0.4, -0.2) is 37.1 Å². The van der Waals surface area contributed by atoms with Crippen LogP contribution in [0.3, 0.4) is 0 Å². The van der Waals surface area contributed by atoms with Gasteiger partial charge < -0.3 is 15.2 Å². The first-order chi connectivity index (χ1) is 16.7. The molecular weight excluding hydrogens is 448 g/mol. The molecule has 2 unspecified atom stereocenters. The van der Waals surface area contributed by atoms with Gasteiger partial charge in [-0.2, -0.15) is 0 Å². The molecule has 35 heavy (non-hydrogen) atoms. The number of rotatable bonds is 5. The Morgan fingerprint density at radius 3 is 2.63 bits per heavy atom. The predicted molar refractivity (Wildman–Crippen MR) is 130 cm³/mol. The molecule has 2 aliphatic rings. The zero-order valence-electron chi connectivity index (χ0n) is 19.9. The Morgan fingerprint density at radius 2 is 1.91 bits per heavy atom. The highest BCUT2D eigenvalue weighted by molar-refractivity contribution is 5.76. The molecule has 182 valence electrons. The molecule has 5 rings (SSSR count). The van der Waals surface area contributed by atoms with Crippen LogP contribution in [0.15, 0.2) is 63.7 Å². The number of nitrogens with one attached hydrogen (secondary N) is 1. The van der Waals surface area contributed by atoms with Gasteiger partial charge in [0.15, 0.2) is 0 Å². The van der Waals surface area contributed by atoms with Crippen molar-refractivity contribution in [2.45, 2.75) is 51.8 Å². The fourth-order valence-electron chi connectivity index (χ4n) is 5.03. The highest BCUT2D eigenvalue weighted by Crippen LogP contribution is 2.48. The molecule has 0 fully saturated rings. The molecule has 0 saturated heterocycles. The monoisotopic (exact) mass is 476 g/mol. The van der Waals surface area contributed by atoms with Gasteiger partial charge in [-0.15, -0.1) is 0 Å². The molecule has 2 aliphatic heterocycles. The van der Waals surface area contributed by atoms with Gasteiger partial charge in [0.05, 0.1) is 12.2 Å². The number of hydrogen-bond donors (Lipinski definition) is 2. The van der Waals surface area contributed by atoms with E-state index in [2.05, 4.69) is 5.32 Å². The summed E-state index contributed by atoms with van der Waals surface area (Å²) in [5.74, 6) is 0.355. The van der Waals surface area contributed by atoms with Gasteiger partial charge in [0.1, 0.15) is 23.1 Å². The first-order valence-corrected chi connectivity index (χ1v) is 11.7. The number of aromatic hydroxyl groups is 1. The van der Waals surface area contributed by atoms with Crippen LogP contribution in [0.25, 0.3) is 5.69 Å². The van der Waals surface area contributed by atoms with Gasteiger partial charge in [-0.25, -0.2) is 23.5 Å². The van der Waals surface area contributed by atoms with Gasteiger partial charge in [-0.1, -0.05) is 23.8 Å². The summed E-state index contributed by atoms with van der Waals surface area (Å²) in [4.78, 5) is 39.3. The summed E-state index contributed by atoms with van der Waals surface area (Å²) < 4.78 is 10.5. The quantitative estimate of drug-likeness (QED) is 0.550. The number of phenols is 1. The van der Waals surface area contributed by atoms with Crippen LogP contribution in [0.1, 0.15) is 43.9 Å². The lowest BCUT2D eigenvalue weighted by Gasteiger charge is -2.44. The van der Waals surface area contributed by atoms with Crippen LogP contribution in [-0.2, 0) is 11.3 Å². The zero-order valence-corrected chi connectivity index (χ0v) is 19.9. The van der Waals surface area contributed by atoms with Crippen LogP contribution in [0.4, 0.5) is 0 Å². The van der Waals surface area contributed by atoms with Crippen LogP contribution in [0.5, 0.6) is 11.5 Å². The SMILES string of the molecule is CCNC(=O)CCC1(C)Oc2cc(O)ccc2C2C1=CCn1c(=O)n(-c3ccc(C)cc3)c(=O)n12. The lowest BCUT2D eigenvalue weighted by molar-refractivity contribution is -0.121. The highest BCUT2D eigenvalue weighted by atomic mass is 16.5. The third kappa shape index (κ3) is 3.67. The standard InChI is InChI=1S/C26H28N4O5/c1-4-27-22(32)11-13-26(3)20-12-14-28-24(33)29(17-7-5-16(2)6-8-17)25(34)30(28)23(20)19-10-9-18(31)15-21(19)35-26/h5-10,12,15,23,31H,4,11,13-14H2,1-3H3,(H,27,32). The predicted octanol–water partition coefficient (Wildman–Crippen LogP) is 2.41. The number of allylic oxidation sites excluding steroid dienone is 1. The van der Waals surface area contributed by atoms with Crippen molar-refractivity contribution in [3.05, 3.63) is 86.2 Å². The Hall–Kier alpha value is -4.01. The van der Waals surface area contributed by atoms with Crippen molar-refractivity contribution < 1.29 is 14.6 Å². The summed E-state index contributed by atoms with van der Waals surface area (Å²) >= 11 is 0. The highest BCUT2D eigenvalue weighted by Gasteiger charge is 2.46. The number of carbonyl (C=O) groups excluding carboxylic acids is 1. The molecule has 2 atom stereocenters. The number of fused-ring (bicyclic) bond motifs is 5. The van der Waals surface area contributed by atoms with E-state index in [0.29, 0.717) is 30.0 Å². The third-order valence-corrected chi connectivity index (χ3v) is 6.82. The molecule has 9 heteroatoms. The fraction of sp³-hybridized carbons (Fsp3) is 0.346. The summed E-state index contributed by atoms with van der Waals surface area (Å²) in [6, 6.07) is 11.4. The molecular formula is C26H28N4O5. The smallest absolute Gasteiger partial charge is 0.352 e. The normalized spacial score (nSPS) is 20.2. The van der Waals surface area contributed by atoms with E-state index in [-0.39, 0.29) is 24.6 Å². The zero-order chi connectivity index (χ0) is 24.9. The molecule has 2 aromatic carbocycles. The Balaban J connectivity index is 1.67. The number of carbonyl (C=O) groups is 1. The second kappa shape index (κ2) is 8.33. The van der Waals surface area contributed by atoms with Crippen molar-refractivity contribution in [3.8, 4) is 17.2 Å². The molecule has 3 aromatic rings. The topological polar surface area (TPSA) is 107 Å². The minimum absolute atomic E-state index is 0.0278. The van der Waals surface area contributed by atoms with Crippen molar-refractivity contribution in [2.75, 3.05) is 6.54 Å². The van der Waals surface area contributed by atoms with E-state index in [1.165, 1.54) is 26.1 Å². The van der Waals surface area contributed by atoms with Gasteiger partial charge >= 0.3 is 11.4 Å². The molecule has 1 amide bonds. The number of amides is 1. The largest absolute Gasteiger partial charge is 0.508 e. The van der Waals surface area contributed by atoms with Gasteiger partial charge in [0.25, 0.3) is 0 Å². The molecule has 1 aromatic heterocycles. The summed E-state index contributed by atoms with van der Waals surface area (Å²) in [6.07, 6.45) is 2.51. The first-order valence-electron chi connectivity index (χ1n) is 11.7. The molecule has 0 spiro atoms. The van der Waals surface area contributed by atoms with E-state index in [0.717, 1.165) is 11.1 Å². The Morgan fingerprint density at radius 1 is 1.17 bits per heavy atom. The van der Waals surface area contributed by atoms with Crippen LogP contribution >= 0.6 is 0 Å². The van der Waals surface area contributed by atoms with E-state index in [1.54, 1.807) is 18.2 Å². The van der Waals surface area contributed by atoms with E-state index < -0.39 is 23.0 Å². The van der Waals surface area contributed by atoms with Crippen LogP contribution < -0.4 is 21.4 Å². The average molecular weight is 477 g/mol. The summed E-state index contributed by atoms with van der Waals surface area (Å²) in [5.41, 5.74) is 1.20. The minimum Gasteiger partial charge on any atom is -0.508 e. The lowest BCUT2D eigenvalue weighted by atomic mass is 9.79. The number of aryl methyl sites for hydroxylation is 1. The maximum Gasteiger partial charge on any atom is 0.352 e. The number of phenolic OH excluding ortho intramolecular Hbond substituents is 1. The molecule has 2 N–H and O–H groups in total. The molecule has 0 saturated carbocycles. The van der Waals surface area contributed by atoms with E-state index in [9.17, 15) is 19.5 Å². The molecule has 0 aliphatic carbocycles. The van der Waals surface area contributed by atoms with Crippen molar-refractivity contribution in [3.63, 3.8) is 0 Å². The lowest BCUT2D eigenvalue weighted by Crippen LogP contribution is -2.48. The summed E-state index contributed by atoms with van der Waals surface area (Å²) in [5, 5.41) is 12.9. The summed E-state index contributed by atoms with van der Waals surface area (Å²) in [6.45, 7) is 6.42. The maximum absolute atomic E-state index is 13.7. The second-order valence-electron chi connectivity index (χ2n) is 9.23. The number of benzene rings is 2. The molecule has 9 nitrogen and oxygen atoms in total. The molecule has 0 bridgehead atoms. The second-order valence-corrected chi connectivity index (χ2v) is 9.23. The van der Waals surface area contributed by atoms with E-state index in [1.807, 2.05) is 39.0 Å². The third-order valence-electron chi connectivity index (χ3n) is 6.82. The maximum atomic E-state index is 13.7. The Kier molecular flexibility index (Phi) is 5.42.